The number of carbonyl (C=O) groups is 1. The molecule has 0 saturated heterocycles. The third-order valence-electron chi connectivity index (χ3n) is 2.80. The summed E-state index contributed by atoms with van der Waals surface area (Å²) in [4.78, 5) is 11.8. The van der Waals surface area contributed by atoms with Crippen molar-refractivity contribution in [2.24, 2.45) is 0 Å². The normalized spacial score (nSPS) is 22.8. The Balaban J connectivity index is 2.20. The van der Waals surface area contributed by atoms with E-state index in [9.17, 15) is 4.79 Å². The highest BCUT2D eigenvalue weighted by molar-refractivity contribution is 6.10. The molecule has 0 amide bonds. The summed E-state index contributed by atoms with van der Waals surface area (Å²) in [7, 11) is 0. The van der Waals surface area contributed by atoms with Gasteiger partial charge < -0.3 is 4.74 Å². The molecule has 2 aliphatic carbocycles. The van der Waals surface area contributed by atoms with Gasteiger partial charge in [0.25, 0.3) is 0 Å². The fourth-order valence-electron chi connectivity index (χ4n) is 2.10. The first-order valence-electron chi connectivity index (χ1n) is 5.01. The molecular weight excluding hydrogens is 188 g/mol. The van der Waals surface area contributed by atoms with Crippen LogP contribution in [-0.4, -0.2) is 12.4 Å². The smallest absolute Gasteiger partial charge is 0.186 e. The van der Waals surface area contributed by atoms with E-state index in [0.29, 0.717) is 6.61 Å². The van der Waals surface area contributed by atoms with Gasteiger partial charge in [0.2, 0.25) is 0 Å². The van der Waals surface area contributed by atoms with Crippen LogP contribution in [0.2, 0.25) is 0 Å². The minimum absolute atomic E-state index is 0.104. The fraction of sp³-hybridized carbons (Fsp3) is 0.154. The molecule has 2 nitrogen and oxygen atoms in total. The molecule has 74 valence electrons. The van der Waals surface area contributed by atoms with Crippen LogP contribution in [0.25, 0.3) is 0 Å². The summed E-state index contributed by atoms with van der Waals surface area (Å²) in [5, 5.41) is 0. The van der Waals surface area contributed by atoms with Gasteiger partial charge in [-0.2, -0.15) is 0 Å². The van der Waals surface area contributed by atoms with Crippen LogP contribution in [0.15, 0.2) is 58.9 Å². The van der Waals surface area contributed by atoms with Gasteiger partial charge in [-0.15, -0.1) is 0 Å². The van der Waals surface area contributed by atoms with E-state index in [0.717, 1.165) is 28.9 Å². The zero-order valence-corrected chi connectivity index (χ0v) is 8.19. The summed E-state index contributed by atoms with van der Waals surface area (Å²) in [6.45, 7) is 0.509. The van der Waals surface area contributed by atoms with Crippen molar-refractivity contribution in [1.29, 1.82) is 0 Å². The van der Waals surface area contributed by atoms with Crippen molar-refractivity contribution in [2.45, 2.75) is 6.42 Å². The minimum atomic E-state index is 0.104. The van der Waals surface area contributed by atoms with E-state index in [1.54, 1.807) is 12.2 Å². The highest BCUT2D eigenvalue weighted by Crippen LogP contribution is 2.34. The Hall–Kier alpha value is -1.83. The van der Waals surface area contributed by atoms with Gasteiger partial charge in [0.1, 0.15) is 12.4 Å². The van der Waals surface area contributed by atoms with Crippen LogP contribution in [0.1, 0.15) is 6.42 Å². The lowest BCUT2D eigenvalue weighted by Crippen LogP contribution is -2.20. The van der Waals surface area contributed by atoms with E-state index >= 15 is 0 Å². The number of hydrogen-bond donors (Lipinski definition) is 0. The van der Waals surface area contributed by atoms with Crippen molar-refractivity contribution in [3.8, 4) is 0 Å². The van der Waals surface area contributed by atoms with E-state index < -0.39 is 0 Å². The Labute approximate surface area is 87.9 Å². The van der Waals surface area contributed by atoms with Crippen molar-refractivity contribution in [2.75, 3.05) is 6.61 Å². The van der Waals surface area contributed by atoms with Gasteiger partial charge in [0.15, 0.2) is 5.78 Å². The van der Waals surface area contributed by atoms with Crippen LogP contribution in [0.3, 0.4) is 0 Å². The predicted octanol–water partition coefficient (Wildman–Crippen LogP) is 2.22. The molecule has 1 aliphatic heterocycles. The summed E-state index contributed by atoms with van der Waals surface area (Å²) in [5.74, 6) is 0.959. The molecule has 0 saturated carbocycles. The molecule has 0 atom stereocenters. The highest BCUT2D eigenvalue weighted by atomic mass is 16.5. The number of rotatable bonds is 0. The Morgan fingerprint density at radius 3 is 3.07 bits per heavy atom. The minimum Gasteiger partial charge on any atom is -0.489 e. The number of carbonyl (C=O) groups excluding carboxylic acids is 1. The summed E-state index contributed by atoms with van der Waals surface area (Å²) in [6.07, 6.45) is 12.1. The number of ketones is 1. The average Bonchev–Trinajstić information content (AvgIpc) is 2.29. The van der Waals surface area contributed by atoms with E-state index in [-0.39, 0.29) is 5.78 Å². The molecule has 3 rings (SSSR count). The van der Waals surface area contributed by atoms with Crippen LogP contribution < -0.4 is 0 Å². The van der Waals surface area contributed by atoms with Crippen molar-refractivity contribution in [1.82, 2.24) is 0 Å². The molecule has 0 fully saturated rings. The third-order valence-corrected chi connectivity index (χ3v) is 2.80. The first-order chi connectivity index (χ1) is 7.36. The molecule has 0 radical (unpaired) electrons. The topological polar surface area (TPSA) is 26.3 Å². The Kier molecular flexibility index (Phi) is 1.75. The quantitative estimate of drug-likeness (QED) is 0.596. The maximum Gasteiger partial charge on any atom is 0.186 e. The number of ether oxygens (including phenoxy) is 1. The van der Waals surface area contributed by atoms with Gasteiger partial charge in [-0.05, 0) is 18.6 Å². The molecule has 2 heteroatoms. The van der Waals surface area contributed by atoms with Crippen LogP contribution in [0.5, 0.6) is 0 Å². The molecule has 0 N–H and O–H groups in total. The van der Waals surface area contributed by atoms with E-state index in [2.05, 4.69) is 0 Å². The van der Waals surface area contributed by atoms with Crippen molar-refractivity contribution in [3.63, 3.8) is 0 Å². The average molecular weight is 198 g/mol. The van der Waals surface area contributed by atoms with Gasteiger partial charge in [-0.25, -0.2) is 0 Å². The Bertz CT molecular complexity index is 485. The Morgan fingerprint density at radius 2 is 2.13 bits per heavy atom. The molecule has 0 aromatic rings. The summed E-state index contributed by atoms with van der Waals surface area (Å²) < 4.78 is 5.60. The van der Waals surface area contributed by atoms with Crippen molar-refractivity contribution in [3.05, 3.63) is 58.9 Å². The largest absolute Gasteiger partial charge is 0.489 e. The third kappa shape index (κ3) is 1.22. The molecule has 15 heavy (non-hydrogen) atoms. The lowest BCUT2D eigenvalue weighted by molar-refractivity contribution is -0.111. The molecule has 0 unspecified atom stereocenters. The number of fused-ring (bicyclic) bond motifs is 2. The maximum absolute atomic E-state index is 11.8. The fourth-order valence-corrected chi connectivity index (χ4v) is 2.10. The second-order valence-electron chi connectivity index (χ2n) is 3.72. The first kappa shape index (κ1) is 8.48. The molecule has 3 aliphatic rings. The second-order valence-corrected chi connectivity index (χ2v) is 3.72. The lowest BCUT2D eigenvalue weighted by atomic mass is 9.87. The molecule has 1 heterocycles. The SMILES string of the molecule is O=C1C=CC=C2COC3=CC=CCC3=C12. The van der Waals surface area contributed by atoms with Crippen LogP contribution in [0, 0.1) is 0 Å². The lowest BCUT2D eigenvalue weighted by Gasteiger charge is -2.26. The summed E-state index contributed by atoms with van der Waals surface area (Å²) in [6, 6.07) is 0. The van der Waals surface area contributed by atoms with E-state index in [1.807, 2.05) is 24.3 Å². The standard InChI is InChI=1S/C13H10O2/c14-11-6-3-4-9-8-15-12-7-2-1-5-10(12)13(9)11/h1-4,6-7H,5,8H2. The van der Waals surface area contributed by atoms with Crippen LogP contribution in [0.4, 0.5) is 0 Å². The van der Waals surface area contributed by atoms with E-state index in [1.165, 1.54) is 0 Å². The maximum atomic E-state index is 11.8. The molecule has 0 aromatic carbocycles. The van der Waals surface area contributed by atoms with Crippen molar-refractivity contribution < 1.29 is 9.53 Å². The number of allylic oxidation sites excluding steroid dienone is 7. The van der Waals surface area contributed by atoms with E-state index in [4.69, 9.17) is 4.74 Å². The summed E-state index contributed by atoms with van der Waals surface area (Å²) >= 11 is 0. The monoisotopic (exact) mass is 198 g/mol. The van der Waals surface area contributed by atoms with Crippen LogP contribution >= 0.6 is 0 Å². The van der Waals surface area contributed by atoms with Gasteiger partial charge in [0, 0.05) is 16.7 Å². The van der Waals surface area contributed by atoms with Gasteiger partial charge in [0.05, 0.1) is 0 Å². The predicted molar refractivity (Wildman–Crippen MR) is 57.0 cm³/mol. The zero-order chi connectivity index (χ0) is 10.3. The first-order valence-corrected chi connectivity index (χ1v) is 5.01. The molecule has 0 bridgehead atoms. The van der Waals surface area contributed by atoms with Gasteiger partial charge >= 0.3 is 0 Å². The van der Waals surface area contributed by atoms with Gasteiger partial charge in [-0.1, -0.05) is 24.3 Å². The molecule has 0 aromatic heterocycles. The molecule has 0 spiro atoms. The zero-order valence-electron chi connectivity index (χ0n) is 8.19. The molecular formula is C13H10O2. The Morgan fingerprint density at radius 1 is 1.20 bits per heavy atom. The van der Waals surface area contributed by atoms with Crippen LogP contribution in [-0.2, 0) is 9.53 Å². The highest BCUT2D eigenvalue weighted by Gasteiger charge is 2.27. The summed E-state index contributed by atoms with van der Waals surface area (Å²) in [5.41, 5.74) is 2.88. The number of hydrogen-bond acceptors (Lipinski definition) is 2. The second kappa shape index (κ2) is 3.09. The van der Waals surface area contributed by atoms with Gasteiger partial charge in [-0.3, -0.25) is 4.79 Å². The van der Waals surface area contributed by atoms with Crippen molar-refractivity contribution >= 4 is 5.78 Å².